The fraction of sp³-hybridized carbons (Fsp3) is 0.500. The molecule has 1 aromatic carbocycles. The molecule has 1 rings (SSSR count). The van der Waals surface area contributed by atoms with E-state index in [0.717, 1.165) is 0 Å². The second kappa shape index (κ2) is 5.78. The van der Waals surface area contributed by atoms with Gasteiger partial charge < -0.3 is 4.74 Å². The molecule has 1 aromatic rings. The number of halogens is 2. The minimum atomic E-state index is -0.580. The molecule has 0 saturated carbocycles. The first-order valence-corrected chi connectivity index (χ1v) is 5.82. The van der Waals surface area contributed by atoms with Crippen LogP contribution in [-0.4, -0.2) is 12.7 Å². The second-order valence-corrected chi connectivity index (χ2v) is 4.57. The molecule has 0 aromatic heterocycles. The van der Waals surface area contributed by atoms with Gasteiger partial charge in [-0.2, -0.15) is 0 Å². The van der Waals surface area contributed by atoms with Crippen LogP contribution in [0.25, 0.3) is 0 Å². The van der Waals surface area contributed by atoms with E-state index >= 15 is 0 Å². The zero-order chi connectivity index (χ0) is 13.1. The topological polar surface area (TPSA) is 47.3 Å². The first-order valence-electron chi connectivity index (χ1n) is 5.44. The van der Waals surface area contributed by atoms with E-state index in [2.05, 4.69) is 5.43 Å². The van der Waals surface area contributed by atoms with Crippen molar-refractivity contribution in [2.24, 2.45) is 5.84 Å². The predicted octanol–water partition coefficient (Wildman–Crippen LogP) is 2.80. The summed E-state index contributed by atoms with van der Waals surface area (Å²) in [4.78, 5) is 0. The minimum Gasteiger partial charge on any atom is -0.376 e. The second-order valence-electron chi connectivity index (χ2n) is 4.14. The summed E-state index contributed by atoms with van der Waals surface area (Å²) < 4.78 is 19.3. The van der Waals surface area contributed by atoms with Crippen LogP contribution in [-0.2, 0) is 4.74 Å². The van der Waals surface area contributed by atoms with Crippen molar-refractivity contribution in [2.75, 3.05) is 7.11 Å². The third-order valence-electron chi connectivity index (χ3n) is 3.22. The highest BCUT2D eigenvalue weighted by atomic mass is 35.5. The van der Waals surface area contributed by atoms with Crippen molar-refractivity contribution < 1.29 is 9.13 Å². The van der Waals surface area contributed by atoms with E-state index in [9.17, 15) is 4.39 Å². The van der Waals surface area contributed by atoms with Gasteiger partial charge in [-0.1, -0.05) is 24.6 Å². The summed E-state index contributed by atoms with van der Waals surface area (Å²) in [6.07, 6.45) is 0.695. The van der Waals surface area contributed by atoms with Gasteiger partial charge in [0.25, 0.3) is 0 Å². The lowest BCUT2D eigenvalue weighted by molar-refractivity contribution is -0.0309. The predicted molar refractivity (Wildman–Crippen MR) is 67.2 cm³/mol. The lowest BCUT2D eigenvalue weighted by Crippen LogP contribution is -2.46. The van der Waals surface area contributed by atoms with Crippen LogP contribution in [0.2, 0.25) is 5.02 Å². The number of ether oxygens (including phenoxy) is 1. The third-order valence-corrected chi connectivity index (χ3v) is 3.45. The molecule has 2 unspecified atom stereocenters. The van der Waals surface area contributed by atoms with E-state index in [1.54, 1.807) is 19.2 Å². The Balaban J connectivity index is 3.17. The maximum Gasteiger partial charge on any atom is 0.129 e. The average molecular weight is 261 g/mol. The summed E-state index contributed by atoms with van der Waals surface area (Å²) in [5, 5.41) is 0.359. The molecule has 3 N–H and O–H groups in total. The molecule has 0 aliphatic carbocycles. The number of benzene rings is 1. The lowest BCUT2D eigenvalue weighted by atomic mass is 9.88. The molecule has 0 fully saturated rings. The van der Waals surface area contributed by atoms with Crippen molar-refractivity contribution in [2.45, 2.75) is 31.9 Å². The summed E-state index contributed by atoms with van der Waals surface area (Å²) in [6.45, 7) is 3.84. The van der Waals surface area contributed by atoms with Crippen molar-refractivity contribution >= 4 is 11.6 Å². The molecular weight excluding hydrogens is 243 g/mol. The van der Waals surface area contributed by atoms with Gasteiger partial charge in [0.05, 0.1) is 11.6 Å². The van der Waals surface area contributed by atoms with E-state index in [1.807, 2.05) is 13.8 Å². The quantitative estimate of drug-likeness (QED) is 0.632. The summed E-state index contributed by atoms with van der Waals surface area (Å²) in [7, 11) is 1.58. The number of hydrogen-bond donors (Lipinski definition) is 2. The minimum absolute atomic E-state index is 0.359. The normalized spacial score (nSPS) is 16.6. The van der Waals surface area contributed by atoms with Crippen molar-refractivity contribution in [3.05, 3.63) is 34.6 Å². The smallest absolute Gasteiger partial charge is 0.129 e. The lowest BCUT2D eigenvalue weighted by Gasteiger charge is -2.35. The van der Waals surface area contributed by atoms with Crippen LogP contribution in [0.3, 0.4) is 0 Å². The molecule has 0 aliphatic rings. The molecule has 17 heavy (non-hydrogen) atoms. The van der Waals surface area contributed by atoms with Gasteiger partial charge in [-0.15, -0.1) is 0 Å². The van der Waals surface area contributed by atoms with Crippen LogP contribution in [0.1, 0.15) is 31.9 Å². The van der Waals surface area contributed by atoms with Crippen LogP contribution < -0.4 is 11.3 Å². The number of nitrogens with one attached hydrogen (secondary N) is 1. The van der Waals surface area contributed by atoms with Crippen LogP contribution in [0.4, 0.5) is 4.39 Å². The maximum absolute atomic E-state index is 13.9. The number of nitrogens with two attached hydrogens (primary N) is 1. The largest absolute Gasteiger partial charge is 0.376 e. The number of hydrogen-bond acceptors (Lipinski definition) is 3. The Morgan fingerprint density at radius 3 is 2.65 bits per heavy atom. The fourth-order valence-electron chi connectivity index (χ4n) is 1.80. The molecular formula is C12H18ClFN2O. The van der Waals surface area contributed by atoms with Crippen molar-refractivity contribution in [1.29, 1.82) is 0 Å². The first kappa shape index (κ1) is 14.4. The molecule has 5 heteroatoms. The van der Waals surface area contributed by atoms with E-state index in [-0.39, 0.29) is 0 Å². The average Bonchev–Trinajstić information content (AvgIpc) is 2.32. The van der Waals surface area contributed by atoms with Gasteiger partial charge in [0.1, 0.15) is 5.82 Å². The standard InChI is InChI=1S/C12H18ClFN2O/c1-4-12(2,17-3)11(16-15)9-6-5-8(13)7-10(9)14/h5-7,11,16H,4,15H2,1-3H3. The van der Waals surface area contributed by atoms with E-state index in [0.29, 0.717) is 17.0 Å². The zero-order valence-electron chi connectivity index (χ0n) is 10.3. The van der Waals surface area contributed by atoms with Crippen LogP contribution >= 0.6 is 11.6 Å². The molecule has 0 saturated heterocycles. The Labute approximate surface area is 106 Å². The molecule has 0 radical (unpaired) electrons. The van der Waals surface area contributed by atoms with E-state index in [4.69, 9.17) is 22.2 Å². The molecule has 0 amide bonds. The Kier molecular flexibility index (Phi) is 4.89. The van der Waals surface area contributed by atoms with Gasteiger partial charge in [0.2, 0.25) is 0 Å². The Morgan fingerprint density at radius 1 is 1.59 bits per heavy atom. The zero-order valence-corrected chi connectivity index (χ0v) is 11.0. The van der Waals surface area contributed by atoms with Crippen LogP contribution in [0.15, 0.2) is 18.2 Å². The molecule has 2 atom stereocenters. The number of hydrazine groups is 1. The van der Waals surface area contributed by atoms with Gasteiger partial charge in [-0.25, -0.2) is 9.82 Å². The van der Waals surface area contributed by atoms with E-state index in [1.165, 1.54) is 6.07 Å². The molecule has 3 nitrogen and oxygen atoms in total. The van der Waals surface area contributed by atoms with Crippen molar-refractivity contribution in [3.8, 4) is 0 Å². The highest BCUT2D eigenvalue weighted by molar-refractivity contribution is 6.30. The van der Waals surface area contributed by atoms with E-state index < -0.39 is 17.5 Å². The number of methoxy groups -OCH3 is 1. The summed E-state index contributed by atoms with van der Waals surface area (Å²) in [5.74, 6) is 5.13. The van der Waals surface area contributed by atoms with Gasteiger partial charge in [-0.3, -0.25) is 5.84 Å². The van der Waals surface area contributed by atoms with Gasteiger partial charge in [-0.05, 0) is 25.5 Å². The SMILES string of the molecule is CCC(C)(OC)C(NN)c1ccc(Cl)cc1F. The molecule has 0 bridgehead atoms. The van der Waals surface area contributed by atoms with Gasteiger partial charge in [0.15, 0.2) is 0 Å². The highest BCUT2D eigenvalue weighted by Crippen LogP contribution is 2.33. The summed E-state index contributed by atoms with van der Waals surface area (Å²) in [5.41, 5.74) is 2.48. The number of rotatable bonds is 5. The van der Waals surface area contributed by atoms with Crippen LogP contribution in [0.5, 0.6) is 0 Å². The Morgan fingerprint density at radius 2 is 2.24 bits per heavy atom. The monoisotopic (exact) mass is 260 g/mol. The van der Waals surface area contributed by atoms with Gasteiger partial charge >= 0.3 is 0 Å². The van der Waals surface area contributed by atoms with Crippen molar-refractivity contribution in [1.82, 2.24) is 5.43 Å². The first-order chi connectivity index (χ1) is 7.98. The van der Waals surface area contributed by atoms with Crippen molar-refractivity contribution in [3.63, 3.8) is 0 Å². The Bertz CT molecular complexity index is 383. The molecule has 0 heterocycles. The Hall–Kier alpha value is -0.680. The molecule has 0 spiro atoms. The third kappa shape index (κ3) is 2.96. The maximum atomic E-state index is 13.9. The molecule has 0 aliphatic heterocycles. The van der Waals surface area contributed by atoms with Crippen LogP contribution in [0, 0.1) is 5.82 Å². The highest BCUT2D eigenvalue weighted by Gasteiger charge is 2.34. The fourth-order valence-corrected chi connectivity index (χ4v) is 1.96. The molecule has 96 valence electrons. The van der Waals surface area contributed by atoms with Gasteiger partial charge in [0, 0.05) is 17.7 Å². The summed E-state index contributed by atoms with van der Waals surface area (Å²) >= 11 is 5.72. The summed E-state index contributed by atoms with van der Waals surface area (Å²) in [6, 6.07) is 4.09.